The summed E-state index contributed by atoms with van der Waals surface area (Å²) in [7, 11) is 0. The first-order chi connectivity index (χ1) is 21.9. The minimum Gasteiger partial charge on any atom is -0.507 e. The van der Waals surface area contributed by atoms with Crippen molar-refractivity contribution in [1.82, 2.24) is 0 Å². The van der Waals surface area contributed by atoms with E-state index >= 15 is 0 Å². The van der Waals surface area contributed by atoms with Gasteiger partial charge in [0.1, 0.15) is 29.3 Å². The molecule has 4 rings (SSSR count). The Morgan fingerprint density at radius 1 is 0.660 bits per heavy atom. The van der Waals surface area contributed by atoms with Crippen LogP contribution in [0, 0.1) is 0 Å². The van der Waals surface area contributed by atoms with Crippen LogP contribution in [0.3, 0.4) is 0 Å². The molecule has 0 unspecified atom stereocenters. The Morgan fingerprint density at radius 2 is 1.06 bits per heavy atom. The zero-order valence-corrected chi connectivity index (χ0v) is 26.9. The van der Waals surface area contributed by atoms with E-state index in [1.807, 2.05) is 0 Å². The molecule has 248 valence electrons. The Hall–Kier alpha value is -4.63. The number of allylic oxidation sites excluding steroid dienone is 1. The van der Waals surface area contributed by atoms with E-state index in [9.17, 15) is 45.8 Å². The van der Waals surface area contributed by atoms with Crippen LogP contribution in [-0.4, -0.2) is 40.8 Å². The van der Waals surface area contributed by atoms with Gasteiger partial charge < -0.3 is 19.7 Å². The molecule has 2 N–H and O–H groups in total. The van der Waals surface area contributed by atoms with E-state index in [1.54, 1.807) is 18.2 Å². The van der Waals surface area contributed by atoms with Crippen LogP contribution >= 0.6 is 31.9 Å². The van der Waals surface area contributed by atoms with Gasteiger partial charge in [0.15, 0.2) is 11.6 Å². The first-order valence-corrected chi connectivity index (χ1v) is 14.3. The van der Waals surface area contributed by atoms with Gasteiger partial charge in [-0.2, -0.15) is 0 Å². The average Bonchev–Trinajstić information content (AvgIpc) is 2.98. The number of alkyl halides is 6. The number of aldehydes is 1. The van der Waals surface area contributed by atoms with Crippen molar-refractivity contribution in [3.63, 3.8) is 0 Å². The van der Waals surface area contributed by atoms with Crippen molar-refractivity contribution >= 4 is 55.8 Å². The van der Waals surface area contributed by atoms with Crippen LogP contribution in [0.1, 0.15) is 43.6 Å². The van der Waals surface area contributed by atoms with Gasteiger partial charge in [0, 0.05) is 14.5 Å². The Kier molecular flexibility index (Phi) is 14.2. The van der Waals surface area contributed by atoms with Gasteiger partial charge in [-0.05, 0) is 91.4 Å². The second-order valence-corrected chi connectivity index (χ2v) is 10.8. The first kappa shape index (κ1) is 38.6. The van der Waals surface area contributed by atoms with Gasteiger partial charge in [-0.3, -0.25) is 14.4 Å². The summed E-state index contributed by atoms with van der Waals surface area (Å²) in [6.45, 7) is 1.42. The van der Waals surface area contributed by atoms with E-state index in [0.717, 1.165) is 28.7 Å². The van der Waals surface area contributed by atoms with E-state index in [4.69, 9.17) is 5.11 Å². The Balaban J connectivity index is 0.000000270. The molecule has 0 fully saturated rings. The van der Waals surface area contributed by atoms with Gasteiger partial charge >= 0.3 is 12.7 Å². The highest BCUT2D eigenvalue weighted by atomic mass is 79.9. The maximum Gasteiger partial charge on any atom is 0.573 e. The number of carbonyl (C=O) groups is 3. The molecule has 0 bridgehead atoms. The second-order valence-electron chi connectivity index (χ2n) is 8.93. The van der Waals surface area contributed by atoms with Crippen molar-refractivity contribution < 1.29 is 60.4 Å². The quantitative estimate of drug-likeness (QED) is 0.0831. The molecule has 0 radical (unpaired) electrons. The molecule has 47 heavy (non-hydrogen) atoms. The lowest BCUT2D eigenvalue weighted by Crippen LogP contribution is -2.17. The molecular weight excluding hydrogens is 770 g/mol. The number of halogens is 8. The first-order valence-electron chi connectivity index (χ1n) is 12.7. The molecule has 4 aromatic rings. The lowest BCUT2D eigenvalue weighted by Gasteiger charge is -2.08. The lowest BCUT2D eigenvalue weighted by molar-refractivity contribution is -0.275. The highest BCUT2D eigenvalue weighted by Crippen LogP contribution is 2.26. The van der Waals surface area contributed by atoms with Crippen molar-refractivity contribution in [2.45, 2.75) is 19.6 Å². The third-order valence-electron chi connectivity index (χ3n) is 5.35. The summed E-state index contributed by atoms with van der Waals surface area (Å²) in [5.41, 5.74) is 1.28. The molecule has 0 aromatic heterocycles. The number of hydrogen-bond donors (Lipinski definition) is 2. The highest BCUT2D eigenvalue weighted by Gasteiger charge is 2.31. The molecule has 0 saturated heterocycles. The second kappa shape index (κ2) is 17.3. The number of carbonyl (C=O) groups excluding carboxylic acids is 3. The lowest BCUT2D eigenvalue weighted by atomic mass is 10.1. The Labute approximate surface area is 280 Å². The molecule has 0 aliphatic heterocycles. The van der Waals surface area contributed by atoms with Crippen LogP contribution in [0.25, 0.3) is 6.08 Å². The normalized spacial score (nSPS) is 11.0. The fourth-order valence-electron chi connectivity index (χ4n) is 3.29. The molecule has 0 atom stereocenters. The van der Waals surface area contributed by atoms with Crippen LogP contribution in [0.2, 0.25) is 0 Å². The van der Waals surface area contributed by atoms with Crippen LogP contribution in [0.4, 0.5) is 26.3 Å². The number of hydrogen-bond acceptors (Lipinski definition) is 7. The Bertz CT molecular complexity index is 1700. The van der Waals surface area contributed by atoms with Crippen molar-refractivity contribution in [2.24, 2.45) is 0 Å². The fraction of sp³-hybridized carbons (Fsp3) is 0.0938. The van der Waals surface area contributed by atoms with E-state index in [1.165, 1.54) is 61.5 Å². The van der Waals surface area contributed by atoms with Crippen molar-refractivity contribution in [1.29, 1.82) is 0 Å². The van der Waals surface area contributed by atoms with Gasteiger partial charge in [0.2, 0.25) is 0 Å². The number of rotatable bonds is 7. The minimum absolute atomic E-state index is 0.0284. The predicted molar refractivity (Wildman–Crippen MR) is 167 cm³/mol. The topological polar surface area (TPSA) is 110 Å². The van der Waals surface area contributed by atoms with Crippen LogP contribution in [-0.2, 0) is 0 Å². The predicted octanol–water partition coefficient (Wildman–Crippen LogP) is 9.70. The molecule has 7 nitrogen and oxygen atoms in total. The number of ether oxygens (including phenoxy) is 2. The summed E-state index contributed by atoms with van der Waals surface area (Å²) in [5, 5.41) is 18.8. The van der Waals surface area contributed by atoms with E-state index in [2.05, 4.69) is 41.3 Å². The monoisotopic (exact) mass is 790 g/mol. The van der Waals surface area contributed by atoms with Gasteiger partial charge in [0.25, 0.3) is 0 Å². The summed E-state index contributed by atoms with van der Waals surface area (Å²) in [6.07, 6.45) is -6.24. The number of phenols is 2. The summed E-state index contributed by atoms with van der Waals surface area (Å²) < 4.78 is 79.8. The number of ketones is 2. The van der Waals surface area contributed by atoms with E-state index in [-0.39, 0.29) is 34.3 Å². The third kappa shape index (κ3) is 14.6. The minimum atomic E-state index is -4.74. The number of Topliss-reactive ketones (excluding diaryl/α,β-unsaturated/α-hetero) is 1. The smallest absolute Gasteiger partial charge is 0.507 e. The SMILES string of the molecule is CC(=O)c1cc(Br)ccc1O.O=C(/C=C/c1ccc(OC(F)(F)F)cc1)c1cc(Br)ccc1O.O=Cc1ccc(OC(F)(F)F)cc1. The van der Waals surface area contributed by atoms with Crippen LogP contribution < -0.4 is 9.47 Å². The Morgan fingerprint density at radius 3 is 1.45 bits per heavy atom. The fourth-order valence-corrected chi connectivity index (χ4v) is 4.01. The number of aromatic hydroxyl groups is 2. The molecule has 0 saturated carbocycles. The zero-order valence-electron chi connectivity index (χ0n) is 23.8. The summed E-state index contributed by atoms with van der Waals surface area (Å²) in [4.78, 5) is 33.0. The zero-order chi connectivity index (χ0) is 35.4. The standard InChI is InChI=1S/C16H10BrF3O3.C8H7BrO2.C8H5F3O2/c17-11-4-8-15(22)13(9-11)14(21)7-3-10-1-5-12(6-2-10)23-16(18,19)20;1-5(10)7-4-6(9)2-3-8(7)11;9-8(10,11)13-7-3-1-6(5-12)2-4-7/h1-9,22H;2-4,11H,1H3;1-5H/b7-3+;;. The molecule has 0 spiro atoms. The largest absolute Gasteiger partial charge is 0.573 e. The molecule has 0 heterocycles. The van der Waals surface area contributed by atoms with E-state index in [0.29, 0.717) is 27.4 Å². The van der Waals surface area contributed by atoms with Crippen LogP contribution in [0.15, 0.2) is 100.0 Å². The molecule has 0 amide bonds. The van der Waals surface area contributed by atoms with Gasteiger partial charge in [-0.25, -0.2) is 0 Å². The van der Waals surface area contributed by atoms with Crippen molar-refractivity contribution in [3.8, 4) is 23.0 Å². The number of phenolic OH excluding ortho intramolecular Hbond substituents is 2. The van der Waals surface area contributed by atoms with Gasteiger partial charge in [-0.1, -0.05) is 50.1 Å². The van der Waals surface area contributed by atoms with Crippen molar-refractivity contribution in [3.05, 3.63) is 122 Å². The highest BCUT2D eigenvalue weighted by molar-refractivity contribution is 9.10. The molecule has 0 aliphatic rings. The molecule has 0 aliphatic carbocycles. The summed E-state index contributed by atoms with van der Waals surface area (Å²) >= 11 is 6.40. The molecule has 4 aromatic carbocycles. The molecule has 15 heteroatoms. The van der Waals surface area contributed by atoms with Gasteiger partial charge in [-0.15, -0.1) is 26.3 Å². The maximum absolute atomic E-state index is 12.0. The van der Waals surface area contributed by atoms with Crippen LogP contribution in [0.5, 0.6) is 23.0 Å². The maximum atomic E-state index is 12.0. The van der Waals surface area contributed by atoms with Gasteiger partial charge in [0.05, 0.1) is 11.1 Å². The summed E-state index contributed by atoms with van der Waals surface area (Å²) in [6, 6.07) is 18.9. The molecular formula is C32H22Br2F6O7. The average molecular weight is 792 g/mol. The van der Waals surface area contributed by atoms with Crippen molar-refractivity contribution in [2.75, 3.05) is 0 Å². The summed E-state index contributed by atoms with van der Waals surface area (Å²) in [5.74, 6) is -1.37. The third-order valence-corrected chi connectivity index (χ3v) is 6.34. The number of benzene rings is 4. The van der Waals surface area contributed by atoms with E-state index < -0.39 is 18.5 Å².